The van der Waals surface area contributed by atoms with Crippen LogP contribution in [0.4, 0.5) is 0 Å². The first-order valence-corrected chi connectivity index (χ1v) is 9.71. The Morgan fingerprint density at radius 1 is 1.22 bits per heavy atom. The van der Waals surface area contributed by atoms with Crippen LogP contribution in [0.25, 0.3) is 0 Å². The normalized spacial score (nSPS) is 20.5. The standard InChI is InChI=1S/C20H27N5O2/c1-23-18(14-26)21-22-20(23)17-7-4-9-25(12-17)19(27)13-24-10-8-15-5-2-3-6-16(15)11-24/h2-3,5-6,17,26H,4,7-14H2,1H3/t17-/m1/s1. The summed E-state index contributed by atoms with van der Waals surface area (Å²) in [5.74, 6) is 1.81. The van der Waals surface area contributed by atoms with Crippen LogP contribution in [0.1, 0.15) is 41.5 Å². The first-order valence-electron chi connectivity index (χ1n) is 9.71. The van der Waals surface area contributed by atoms with Gasteiger partial charge >= 0.3 is 0 Å². The fourth-order valence-electron chi connectivity index (χ4n) is 4.26. The van der Waals surface area contributed by atoms with E-state index in [0.717, 1.165) is 44.7 Å². The van der Waals surface area contributed by atoms with Crippen LogP contribution >= 0.6 is 0 Å². The van der Waals surface area contributed by atoms with Crippen LogP contribution in [0, 0.1) is 0 Å². The number of amides is 1. The Morgan fingerprint density at radius 2 is 2.04 bits per heavy atom. The number of carbonyl (C=O) groups excluding carboxylic acids is 1. The fraction of sp³-hybridized carbons (Fsp3) is 0.550. The van der Waals surface area contributed by atoms with Crippen LogP contribution in [-0.2, 0) is 31.4 Å². The molecule has 0 radical (unpaired) electrons. The smallest absolute Gasteiger partial charge is 0.236 e. The topological polar surface area (TPSA) is 74.5 Å². The van der Waals surface area contributed by atoms with Crippen LogP contribution in [0.3, 0.4) is 0 Å². The minimum atomic E-state index is -0.116. The zero-order valence-corrected chi connectivity index (χ0v) is 15.8. The minimum Gasteiger partial charge on any atom is -0.388 e. The molecule has 1 amide bonds. The van der Waals surface area contributed by atoms with Gasteiger partial charge in [-0.05, 0) is 30.4 Å². The van der Waals surface area contributed by atoms with E-state index in [9.17, 15) is 9.90 Å². The molecule has 1 aromatic carbocycles. The van der Waals surface area contributed by atoms with Crippen molar-refractivity contribution in [2.24, 2.45) is 7.05 Å². The highest BCUT2D eigenvalue weighted by Gasteiger charge is 2.29. The molecule has 0 aliphatic carbocycles. The largest absolute Gasteiger partial charge is 0.388 e. The number of likely N-dealkylation sites (tertiary alicyclic amines) is 1. The summed E-state index contributed by atoms with van der Waals surface area (Å²) in [5.41, 5.74) is 2.74. The van der Waals surface area contributed by atoms with Crippen molar-refractivity contribution >= 4 is 5.91 Å². The van der Waals surface area contributed by atoms with Gasteiger partial charge in [0.1, 0.15) is 12.4 Å². The van der Waals surface area contributed by atoms with Crippen molar-refractivity contribution in [3.05, 3.63) is 47.0 Å². The zero-order chi connectivity index (χ0) is 18.8. The van der Waals surface area contributed by atoms with Crippen molar-refractivity contribution in [2.45, 2.75) is 38.3 Å². The van der Waals surface area contributed by atoms with Crippen LogP contribution in [0.2, 0.25) is 0 Å². The number of benzene rings is 1. The average Bonchev–Trinajstić information content (AvgIpc) is 3.08. The Bertz CT molecular complexity index is 818. The number of hydrogen-bond donors (Lipinski definition) is 1. The van der Waals surface area contributed by atoms with Gasteiger partial charge < -0.3 is 14.6 Å². The molecule has 0 bridgehead atoms. The van der Waals surface area contributed by atoms with Gasteiger partial charge in [-0.2, -0.15) is 0 Å². The van der Waals surface area contributed by atoms with E-state index in [1.807, 2.05) is 16.5 Å². The molecule has 1 fully saturated rings. The molecule has 0 unspecified atom stereocenters. The first-order chi connectivity index (χ1) is 13.2. The summed E-state index contributed by atoms with van der Waals surface area (Å²) in [6.07, 6.45) is 2.98. The number of aromatic nitrogens is 3. The summed E-state index contributed by atoms with van der Waals surface area (Å²) in [4.78, 5) is 17.1. The highest BCUT2D eigenvalue weighted by Crippen LogP contribution is 2.26. The minimum absolute atomic E-state index is 0.116. The number of fused-ring (bicyclic) bond motifs is 1. The molecule has 2 aliphatic rings. The maximum absolute atomic E-state index is 12.9. The van der Waals surface area contributed by atoms with E-state index < -0.39 is 0 Å². The quantitative estimate of drug-likeness (QED) is 0.873. The van der Waals surface area contributed by atoms with Gasteiger partial charge in [0.25, 0.3) is 0 Å². The molecule has 0 saturated carbocycles. The molecule has 1 atom stereocenters. The van der Waals surface area contributed by atoms with Gasteiger partial charge in [-0.3, -0.25) is 9.69 Å². The summed E-state index contributed by atoms with van der Waals surface area (Å²) < 4.78 is 1.86. The summed E-state index contributed by atoms with van der Waals surface area (Å²) in [5, 5.41) is 17.6. The maximum atomic E-state index is 12.9. The van der Waals surface area contributed by atoms with Crippen LogP contribution in [0.5, 0.6) is 0 Å². The van der Waals surface area contributed by atoms with Gasteiger partial charge in [-0.1, -0.05) is 24.3 Å². The Labute approximate surface area is 159 Å². The maximum Gasteiger partial charge on any atom is 0.236 e. The lowest BCUT2D eigenvalue weighted by Crippen LogP contribution is -2.46. The summed E-state index contributed by atoms with van der Waals surface area (Å²) >= 11 is 0. The highest BCUT2D eigenvalue weighted by molar-refractivity contribution is 5.78. The third-order valence-corrected chi connectivity index (χ3v) is 5.85. The molecule has 7 nitrogen and oxygen atoms in total. The van der Waals surface area contributed by atoms with Gasteiger partial charge in [0.2, 0.25) is 5.91 Å². The Balaban J connectivity index is 1.38. The molecule has 4 rings (SSSR count). The van der Waals surface area contributed by atoms with Crippen molar-refractivity contribution in [1.29, 1.82) is 0 Å². The molecule has 2 aliphatic heterocycles. The fourth-order valence-corrected chi connectivity index (χ4v) is 4.26. The van der Waals surface area contributed by atoms with Gasteiger partial charge in [0, 0.05) is 39.1 Å². The third kappa shape index (κ3) is 3.75. The van der Waals surface area contributed by atoms with E-state index in [0.29, 0.717) is 18.9 Å². The lowest BCUT2D eigenvalue weighted by atomic mass is 9.96. The number of hydrogen-bond acceptors (Lipinski definition) is 5. The number of rotatable bonds is 4. The average molecular weight is 369 g/mol. The van der Waals surface area contributed by atoms with Crippen LogP contribution in [-0.4, -0.2) is 61.8 Å². The summed E-state index contributed by atoms with van der Waals surface area (Å²) in [6, 6.07) is 8.50. The van der Waals surface area contributed by atoms with E-state index in [1.165, 1.54) is 11.1 Å². The van der Waals surface area contributed by atoms with Gasteiger partial charge in [-0.15, -0.1) is 10.2 Å². The number of carbonyl (C=O) groups is 1. The molecule has 7 heteroatoms. The molecule has 27 heavy (non-hydrogen) atoms. The van der Waals surface area contributed by atoms with Gasteiger partial charge in [0.15, 0.2) is 5.82 Å². The summed E-state index contributed by atoms with van der Waals surface area (Å²) in [6.45, 7) is 3.63. The van der Waals surface area contributed by atoms with E-state index in [2.05, 4.69) is 39.4 Å². The predicted molar refractivity (Wildman–Crippen MR) is 101 cm³/mol. The van der Waals surface area contributed by atoms with Crippen molar-refractivity contribution in [1.82, 2.24) is 24.6 Å². The SMILES string of the molecule is Cn1c(CO)nnc1[C@@H]1CCCN(C(=O)CN2CCc3ccccc3C2)C1. The number of piperidine rings is 1. The zero-order valence-electron chi connectivity index (χ0n) is 15.8. The van der Waals surface area contributed by atoms with Gasteiger partial charge in [0.05, 0.1) is 6.54 Å². The summed E-state index contributed by atoms with van der Waals surface area (Å²) in [7, 11) is 1.88. The van der Waals surface area contributed by atoms with Crippen molar-refractivity contribution in [3.63, 3.8) is 0 Å². The molecule has 3 heterocycles. The Kier molecular flexibility index (Phi) is 5.22. The number of aliphatic hydroxyl groups is 1. The molecule has 1 N–H and O–H groups in total. The van der Waals surface area contributed by atoms with Crippen LogP contribution in [0.15, 0.2) is 24.3 Å². The molecule has 1 saturated heterocycles. The second-order valence-corrected chi connectivity index (χ2v) is 7.60. The monoisotopic (exact) mass is 369 g/mol. The van der Waals surface area contributed by atoms with Crippen LogP contribution < -0.4 is 0 Å². The van der Waals surface area contributed by atoms with E-state index in [1.54, 1.807) is 0 Å². The molecule has 144 valence electrons. The number of aliphatic hydroxyl groups excluding tert-OH is 1. The van der Waals surface area contributed by atoms with E-state index in [-0.39, 0.29) is 18.4 Å². The number of nitrogens with zero attached hydrogens (tertiary/aromatic N) is 5. The highest BCUT2D eigenvalue weighted by atomic mass is 16.3. The molecule has 0 spiro atoms. The molecular formula is C20H27N5O2. The second kappa shape index (κ2) is 7.78. The lowest BCUT2D eigenvalue weighted by Gasteiger charge is -2.35. The molecule has 1 aromatic heterocycles. The van der Waals surface area contributed by atoms with Crippen molar-refractivity contribution in [2.75, 3.05) is 26.2 Å². The lowest BCUT2D eigenvalue weighted by molar-refractivity contribution is -0.133. The Morgan fingerprint density at radius 3 is 2.81 bits per heavy atom. The molecular weight excluding hydrogens is 342 g/mol. The third-order valence-electron chi connectivity index (χ3n) is 5.85. The first kappa shape index (κ1) is 18.1. The predicted octanol–water partition coefficient (Wildman–Crippen LogP) is 1.07. The van der Waals surface area contributed by atoms with Gasteiger partial charge in [-0.25, -0.2) is 0 Å². The Hall–Kier alpha value is -2.25. The van der Waals surface area contributed by atoms with E-state index >= 15 is 0 Å². The van der Waals surface area contributed by atoms with Crippen molar-refractivity contribution < 1.29 is 9.90 Å². The van der Waals surface area contributed by atoms with E-state index in [4.69, 9.17) is 0 Å². The second-order valence-electron chi connectivity index (χ2n) is 7.60. The van der Waals surface area contributed by atoms with Crippen molar-refractivity contribution in [3.8, 4) is 0 Å². The molecule has 2 aromatic rings.